The predicted octanol–water partition coefficient (Wildman–Crippen LogP) is 5.27. The van der Waals surface area contributed by atoms with Crippen LogP contribution in [-0.4, -0.2) is 12.8 Å². The van der Waals surface area contributed by atoms with Gasteiger partial charge in [-0.05, 0) is 31.1 Å². The van der Waals surface area contributed by atoms with Gasteiger partial charge in [0.2, 0.25) is 0 Å². The Bertz CT molecular complexity index is 250. The van der Waals surface area contributed by atoms with Crippen molar-refractivity contribution < 1.29 is 0 Å². The molecular formula is C16H31N. The van der Waals surface area contributed by atoms with E-state index >= 15 is 0 Å². The van der Waals surface area contributed by atoms with Crippen molar-refractivity contribution in [1.29, 1.82) is 0 Å². The van der Waals surface area contributed by atoms with Crippen LogP contribution in [0.15, 0.2) is 17.1 Å². The fourth-order valence-corrected chi connectivity index (χ4v) is 2.62. The second kappa shape index (κ2) is 7.68. The highest BCUT2D eigenvalue weighted by molar-refractivity contribution is 5.87. The Morgan fingerprint density at radius 3 is 1.94 bits per heavy atom. The molecule has 0 spiro atoms. The summed E-state index contributed by atoms with van der Waals surface area (Å²) in [6, 6.07) is 0. The highest BCUT2D eigenvalue weighted by Gasteiger charge is 2.27. The normalized spacial score (nSPS) is 14.8. The Labute approximate surface area is 108 Å². The van der Waals surface area contributed by atoms with Gasteiger partial charge < -0.3 is 0 Å². The highest BCUT2D eigenvalue weighted by atomic mass is 14.7. The molecule has 1 nitrogen and oxygen atoms in total. The lowest BCUT2D eigenvalue weighted by Crippen LogP contribution is -2.25. The molecule has 0 radical (unpaired) electrons. The highest BCUT2D eigenvalue weighted by Crippen LogP contribution is 2.36. The van der Waals surface area contributed by atoms with Gasteiger partial charge in [0.25, 0.3) is 0 Å². The molecule has 0 aliphatic carbocycles. The molecule has 0 fully saturated rings. The van der Waals surface area contributed by atoms with E-state index in [2.05, 4.69) is 46.2 Å². The molecule has 0 saturated carbocycles. The summed E-state index contributed by atoms with van der Waals surface area (Å²) in [5.41, 5.74) is 3.09. The molecule has 0 aromatic carbocycles. The second-order valence-corrected chi connectivity index (χ2v) is 5.51. The molecular weight excluding hydrogens is 206 g/mol. The standard InChI is InChI=1S/C16H31N/c1-8-16(9-2,10-3)12-15(17-7)14(6)11-13(4)5/h14H,4,8-12H2,1-3,5-7H3. The first-order chi connectivity index (χ1) is 7.94. The van der Waals surface area contributed by atoms with Crippen molar-refractivity contribution in [3.63, 3.8) is 0 Å². The molecule has 0 N–H and O–H groups in total. The lowest BCUT2D eigenvalue weighted by atomic mass is 9.73. The first-order valence-electron chi connectivity index (χ1n) is 7.04. The summed E-state index contributed by atoms with van der Waals surface area (Å²) >= 11 is 0. The van der Waals surface area contributed by atoms with E-state index in [9.17, 15) is 0 Å². The Hall–Kier alpha value is -0.590. The van der Waals surface area contributed by atoms with Crippen LogP contribution in [0.25, 0.3) is 0 Å². The van der Waals surface area contributed by atoms with Gasteiger partial charge in [-0.2, -0.15) is 0 Å². The molecule has 0 aliphatic heterocycles. The minimum atomic E-state index is 0.457. The molecule has 0 rings (SSSR count). The Balaban J connectivity index is 4.74. The van der Waals surface area contributed by atoms with E-state index in [4.69, 9.17) is 0 Å². The van der Waals surface area contributed by atoms with Crippen molar-refractivity contribution in [3.05, 3.63) is 12.2 Å². The molecule has 0 aromatic rings. The van der Waals surface area contributed by atoms with Crippen molar-refractivity contribution in [2.45, 2.75) is 66.7 Å². The third kappa shape index (κ3) is 5.06. The molecule has 100 valence electrons. The van der Waals surface area contributed by atoms with E-state index in [0.29, 0.717) is 11.3 Å². The minimum Gasteiger partial charge on any atom is -0.297 e. The molecule has 0 heterocycles. The number of aliphatic imine (C=N–C) groups is 1. The fourth-order valence-electron chi connectivity index (χ4n) is 2.62. The van der Waals surface area contributed by atoms with Crippen LogP contribution in [0.3, 0.4) is 0 Å². The summed E-state index contributed by atoms with van der Waals surface area (Å²) in [7, 11) is 1.94. The monoisotopic (exact) mass is 237 g/mol. The van der Waals surface area contributed by atoms with Gasteiger partial charge in [0.15, 0.2) is 0 Å². The third-order valence-electron chi connectivity index (χ3n) is 4.32. The van der Waals surface area contributed by atoms with Crippen molar-refractivity contribution in [2.24, 2.45) is 16.3 Å². The van der Waals surface area contributed by atoms with Crippen molar-refractivity contribution >= 4 is 5.71 Å². The van der Waals surface area contributed by atoms with Crippen LogP contribution < -0.4 is 0 Å². The zero-order valence-electron chi connectivity index (χ0n) is 12.8. The number of hydrogen-bond donors (Lipinski definition) is 0. The SMILES string of the molecule is C=C(C)CC(C)C(CC(CC)(CC)CC)=NC. The van der Waals surface area contributed by atoms with Gasteiger partial charge in [0.05, 0.1) is 0 Å². The van der Waals surface area contributed by atoms with Crippen LogP contribution in [0.4, 0.5) is 0 Å². The van der Waals surface area contributed by atoms with E-state index in [1.54, 1.807) is 0 Å². The van der Waals surface area contributed by atoms with Gasteiger partial charge in [0, 0.05) is 12.8 Å². The molecule has 1 atom stereocenters. The number of nitrogens with zero attached hydrogens (tertiary/aromatic N) is 1. The van der Waals surface area contributed by atoms with Crippen LogP contribution in [0.1, 0.15) is 66.7 Å². The van der Waals surface area contributed by atoms with Gasteiger partial charge >= 0.3 is 0 Å². The summed E-state index contributed by atoms with van der Waals surface area (Å²) in [5.74, 6) is 0.543. The molecule has 0 amide bonds. The van der Waals surface area contributed by atoms with Gasteiger partial charge in [-0.1, -0.05) is 52.5 Å². The number of rotatable bonds is 8. The Kier molecular flexibility index (Phi) is 7.41. The van der Waals surface area contributed by atoms with E-state index in [1.165, 1.54) is 30.5 Å². The van der Waals surface area contributed by atoms with Gasteiger partial charge in [-0.3, -0.25) is 4.99 Å². The Morgan fingerprint density at radius 2 is 1.65 bits per heavy atom. The Morgan fingerprint density at radius 1 is 1.18 bits per heavy atom. The van der Waals surface area contributed by atoms with E-state index in [1.807, 2.05) is 7.05 Å². The zero-order chi connectivity index (χ0) is 13.5. The van der Waals surface area contributed by atoms with Crippen LogP contribution in [-0.2, 0) is 0 Å². The first-order valence-corrected chi connectivity index (χ1v) is 7.04. The summed E-state index contributed by atoms with van der Waals surface area (Å²) < 4.78 is 0. The molecule has 17 heavy (non-hydrogen) atoms. The first kappa shape index (κ1) is 16.4. The van der Waals surface area contributed by atoms with Crippen molar-refractivity contribution in [3.8, 4) is 0 Å². The van der Waals surface area contributed by atoms with Gasteiger partial charge in [-0.15, -0.1) is 6.58 Å². The van der Waals surface area contributed by atoms with Gasteiger partial charge in [-0.25, -0.2) is 0 Å². The molecule has 0 aliphatic rings. The van der Waals surface area contributed by atoms with E-state index in [-0.39, 0.29) is 0 Å². The number of hydrogen-bond acceptors (Lipinski definition) is 1. The zero-order valence-corrected chi connectivity index (χ0v) is 12.8. The maximum absolute atomic E-state index is 4.55. The van der Waals surface area contributed by atoms with Crippen molar-refractivity contribution in [1.82, 2.24) is 0 Å². The average molecular weight is 237 g/mol. The van der Waals surface area contributed by atoms with E-state index < -0.39 is 0 Å². The number of allylic oxidation sites excluding steroid dienone is 1. The largest absolute Gasteiger partial charge is 0.297 e. The average Bonchev–Trinajstić information content (AvgIpc) is 2.31. The lowest BCUT2D eigenvalue weighted by Gasteiger charge is -2.32. The second-order valence-electron chi connectivity index (χ2n) is 5.51. The van der Waals surface area contributed by atoms with Crippen LogP contribution in [0.5, 0.6) is 0 Å². The topological polar surface area (TPSA) is 12.4 Å². The summed E-state index contributed by atoms with van der Waals surface area (Å²) in [5, 5.41) is 0. The summed E-state index contributed by atoms with van der Waals surface area (Å²) in [6.45, 7) is 15.3. The van der Waals surface area contributed by atoms with Crippen molar-refractivity contribution in [2.75, 3.05) is 7.05 Å². The summed E-state index contributed by atoms with van der Waals surface area (Å²) in [6.07, 6.45) is 5.97. The van der Waals surface area contributed by atoms with Crippen LogP contribution in [0.2, 0.25) is 0 Å². The smallest absolute Gasteiger partial charge is 0.0276 e. The maximum Gasteiger partial charge on any atom is 0.0276 e. The van der Waals surface area contributed by atoms with E-state index in [0.717, 1.165) is 12.8 Å². The third-order valence-corrected chi connectivity index (χ3v) is 4.32. The fraction of sp³-hybridized carbons (Fsp3) is 0.812. The lowest BCUT2D eigenvalue weighted by molar-refractivity contribution is 0.259. The molecule has 1 heteroatoms. The molecule has 0 saturated heterocycles. The van der Waals surface area contributed by atoms with Gasteiger partial charge in [0.1, 0.15) is 0 Å². The molecule has 0 bridgehead atoms. The molecule has 1 unspecified atom stereocenters. The quantitative estimate of drug-likeness (QED) is 0.403. The van der Waals surface area contributed by atoms with Crippen LogP contribution >= 0.6 is 0 Å². The maximum atomic E-state index is 4.55. The summed E-state index contributed by atoms with van der Waals surface area (Å²) in [4.78, 5) is 4.55. The predicted molar refractivity (Wildman–Crippen MR) is 79.9 cm³/mol. The molecule has 0 aromatic heterocycles. The van der Waals surface area contributed by atoms with Crippen LogP contribution in [0, 0.1) is 11.3 Å². The minimum absolute atomic E-state index is 0.457.